The fraction of sp³-hybridized carbons (Fsp3) is 0.467. The molecule has 23 heavy (non-hydrogen) atoms. The molecule has 2 aromatic rings. The number of nitrogen functional groups attached to an aromatic ring is 1. The minimum absolute atomic E-state index is 0.236. The molecular formula is C15H20ClN5OS. The number of aromatic nitrogens is 1. The first-order valence-electron chi connectivity index (χ1n) is 7.72. The summed E-state index contributed by atoms with van der Waals surface area (Å²) in [4.78, 5) is 20.7. The summed E-state index contributed by atoms with van der Waals surface area (Å²) < 4.78 is 1.04. The highest BCUT2D eigenvalue weighted by Crippen LogP contribution is 2.38. The summed E-state index contributed by atoms with van der Waals surface area (Å²) in [6.07, 6.45) is 1.51. The number of rotatable bonds is 4. The van der Waals surface area contributed by atoms with Crippen LogP contribution in [0.4, 0.5) is 10.8 Å². The molecule has 1 aliphatic rings. The van der Waals surface area contributed by atoms with Crippen LogP contribution in [0.5, 0.6) is 0 Å². The van der Waals surface area contributed by atoms with E-state index in [0.717, 1.165) is 48.5 Å². The van der Waals surface area contributed by atoms with Crippen molar-refractivity contribution in [1.82, 2.24) is 9.88 Å². The van der Waals surface area contributed by atoms with Crippen LogP contribution in [0.1, 0.15) is 19.8 Å². The molecule has 0 bridgehead atoms. The first kappa shape index (κ1) is 16.3. The number of benzene rings is 1. The van der Waals surface area contributed by atoms with Gasteiger partial charge in [-0.3, -0.25) is 10.2 Å². The van der Waals surface area contributed by atoms with Gasteiger partial charge in [-0.1, -0.05) is 29.9 Å². The maximum Gasteiger partial charge on any atom is 0.222 e. The zero-order valence-corrected chi connectivity index (χ0v) is 14.6. The molecule has 0 unspecified atom stereocenters. The number of thiazole rings is 1. The van der Waals surface area contributed by atoms with Gasteiger partial charge in [-0.25, -0.2) is 10.8 Å². The monoisotopic (exact) mass is 353 g/mol. The average Bonchev–Trinajstić information content (AvgIpc) is 2.98. The summed E-state index contributed by atoms with van der Waals surface area (Å²) in [5, 5.41) is 1.35. The van der Waals surface area contributed by atoms with Crippen molar-refractivity contribution in [3.63, 3.8) is 0 Å². The van der Waals surface area contributed by atoms with Gasteiger partial charge in [-0.05, 0) is 18.6 Å². The summed E-state index contributed by atoms with van der Waals surface area (Å²) in [5.74, 6) is 5.70. The molecule has 1 aliphatic heterocycles. The summed E-state index contributed by atoms with van der Waals surface area (Å²) in [6, 6.07) is 3.85. The highest BCUT2D eigenvalue weighted by molar-refractivity contribution is 7.22. The molecule has 1 aromatic carbocycles. The van der Waals surface area contributed by atoms with Crippen LogP contribution in [0.2, 0.25) is 5.02 Å². The van der Waals surface area contributed by atoms with E-state index in [2.05, 4.69) is 15.3 Å². The molecule has 0 atom stereocenters. The van der Waals surface area contributed by atoms with Gasteiger partial charge in [0.2, 0.25) is 5.91 Å². The molecule has 1 saturated heterocycles. The van der Waals surface area contributed by atoms with Gasteiger partial charge in [0, 0.05) is 32.6 Å². The van der Waals surface area contributed by atoms with Gasteiger partial charge in [0.1, 0.15) is 5.52 Å². The molecular weight excluding hydrogens is 334 g/mol. The standard InChI is InChI=1S/C15H20ClN5OS/c1-2-3-12(22)20-6-8-21(9-7-20)14-10(16)4-5-11-13(14)18-15(19-17)23-11/h4-5H,2-3,6-9,17H2,1H3,(H,18,19). The van der Waals surface area contributed by atoms with E-state index in [-0.39, 0.29) is 5.91 Å². The van der Waals surface area contributed by atoms with Gasteiger partial charge in [-0.2, -0.15) is 0 Å². The van der Waals surface area contributed by atoms with Crippen molar-refractivity contribution in [3.05, 3.63) is 17.2 Å². The molecule has 2 heterocycles. The molecule has 0 saturated carbocycles. The van der Waals surface area contributed by atoms with Gasteiger partial charge < -0.3 is 9.80 Å². The van der Waals surface area contributed by atoms with Gasteiger partial charge in [0.25, 0.3) is 0 Å². The van der Waals surface area contributed by atoms with Crippen molar-refractivity contribution in [2.24, 2.45) is 5.84 Å². The Morgan fingerprint density at radius 2 is 2.13 bits per heavy atom. The van der Waals surface area contributed by atoms with E-state index in [4.69, 9.17) is 17.4 Å². The van der Waals surface area contributed by atoms with Gasteiger partial charge in [0.05, 0.1) is 15.4 Å². The number of hydrogen-bond donors (Lipinski definition) is 2. The second-order valence-electron chi connectivity index (χ2n) is 5.52. The number of carbonyl (C=O) groups is 1. The molecule has 3 N–H and O–H groups in total. The highest BCUT2D eigenvalue weighted by Gasteiger charge is 2.24. The molecule has 8 heteroatoms. The number of carbonyl (C=O) groups excluding carboxylic acids is 1. The number of hydrogen-bond acceptors (Lipinski definition) is 6. The van der Waals surface area contributed by atoms with Crippen LogP contribution < -0.4 is 16.2 Å². The number of nitrogens with one attached hydrogen (secondary N) is 1. The molecule has 0 aliphatic carbocycles. The minimum atomic E-state index is 0.236. The number of piperazine rings is 1. The van der Waals surface area contributed by atoms with Crippen molar-refractivity contribution in [3.8, 4) is 0 Å². The summed E-state index contributed by atoms with van der Waals surface area (Å²) in [7, 11) is 0. The van der Waals surface area contributed by atoms with E-state index in [1.165, 1.54) is 11.3 Å². The minimum Gasteiger partial charge on any atom is -0.365 e. The summed E-state index contributed by atoms with van der Waals surface area (Å²) in [5.41, 5.74) is 4.39. The molecule has 3 rings (SSSR count). The second kappa shape index (κ2) is 6.90. The average molecular weight is 354 g/mol. The third-order valence-corrected chi connectivity index (χ3v) is 5.28. The number of amides is 1. The third-order valence-electron chi connectivity index (χ3n) is 4.02. The summed E-state index contributed by atoms with van der Waals surface area (Å²) >= 11 is 7.93. The Labute approximate surface area is 144 Å². The van der Waals surface area contributed by atoms with Crippen LogP contribution in [-0.4, -0.2) is 42.0 Å². The molecule has 6 nitrogen and oxygen atoms in total. The lowest BCUT2D eigenvalue weighted by Gasteiger charge is -2.36. The first-order valence-corrected chi connectivity index (χ1v) is 8.92. The Morgan fingerprint density at radius 1 is 1.39 bits per heavy atom. The highest BCUT2D eigenvalue weighted by atomic mass is 35.5. The topological polar surface area (TPSA) is 74.5 Å². The Hall–Kier alpha value is -1.57. The number of nitrogens with two attached hydrogens (primary N) is 1. The van der Waals surface area contributed by atoms with Crippen LogP contribution >= 0.6 is 22.9 Å². The van der Waals surface area contributed by atoms with Crippen LogP contribution in [0.15, 0.2) is 12.1 Å². The van der Waals surface area contributed by atoms with E-state index >= 15 is 0 Å². The Morgan fingerprint density at radius 3 is 2.78 bits per heavy atom. The van der Waals surface area contributed by atoms with E-state index in [1.54, 1.807) is 0 Å². The molecule has 0 spiro atoms. The van der Waals surface area contributed by atoms with Crippen molar-refractivity contribution in [2.45, 2.75) is 19.8 Å². The second-order valence-corrected chi connectivity index (χ2v) is 6.96. The van der Waals surface area contributed by atoms with Crippen LogP contribution in [0.3, 0.4) is 0 Å². The van der Waals surface area contributed by atoms with Crippen molar-refractivity contribution in [1.29, 1.82) is 0 Å². The lowest BCUT2D eigenvalue weighted by atomic mass is 10.2. The normalized spacial score (nSPS) is 15.3. The quantitative estimate of drug-likeness (QED) is 0.653. The van der Waals surface area contributed by atoms with Gasteiger partial charge in [-0.15, -0.1) is 0 Å². The van der Waals surface area contributed by atoms with E-state index in [9.17, 15) is 4.79 Å². The molecule has 1 amide bonds. The first-order chi connectivity index (χ1) is 11.1. The van der Waals surface area contributed by atoms with Crippen LogP contribution in [0, 0.1) is 0 Å². The third kappa shape index (κ3) is 3.22. The smallest absolute Gasteiger partial charge is 0.222 e. The molecule has 124 valence electrons. The number of hydrazine groups is 1. The fourth-order valence-corrected chi connectivity index (χ4v) is 3.92. The number of fused-ring (bicyclic) bond motifs is 1. The molecule has 0 radical (unpaired) electrons. The van der Waals surface area contributed by atoms with E-state index in [0.29, 0.717) is 16.6 Å². The molecule has 1 aromatic heterocycles. The predicted octanol–water partition coefficient (Wildman–Crippen LogP) is 2.68. The zero-order chi connectivity index (χ0) is 16.4. The maximum absolute atomic E-state index is 12.0. The SMILES string of the molecule is CCCC(=O)N1CCN(c2c(Cl)ccc3sc(NN)nc23)CC1. The van der Waals surface area contributed by atoms with E-state index in [1.807, 2.05) is 24.0 Å². The van der Waals surface area contributed by atoms with Gasteiger partial charge >= 0.3 is 0 Å². The Kier molecular flexibility index (Phi) is 4.89. The molecule has 1 fully saturated rings. The van der Waals surface area contributed by atoms with Crippen molar-refractivity contribution in [2.75, 3.05) is 36.5 Å². The van der Waals surface area contributed by atoms with Crippen molar-refractivity contribution >= 4 is 49.9 Å². The largest absolute Gasteiger partial charge is 0.365 e. The Bertz CT molecular complexity index is 711. The lowest BCUT2D eigenvalue weighted by Crippen LogP contribution is -2.48. The number of anilines is 2. The number of halogens is 1. The maximum atomic E-state index is 12.0. The zero-order valence-electron chi connectivity index (χ0n) is 13.0. The van der Waals surface area contributed by atoms with Crippen molar-refractivity contribution < 1.29 is 4.79 Å². The van der Waals surface area contributed by atoms with Crippen LogP contribution in [-0.2, 0) is 4.79 Å². The van der Waals surface area contributed by atoms with Gasteiger partial charge in [0.15, 0.2) is 5.13 Å². The summed E-state index contributed by atoms with van der Waals surface area (Å²) in [6.45, 7) is 4.99. The fourth-order valence-electron chi connectivity index (χ4n) is 2.87. The van der Waals surface area contributed by atoms with E-state index < -0.39 is 0 Å². The number of nitrogens with zero attached hydrogens (tertiary/aromatic N) is 3. The lowest BCUT2D eigenvalue weighted by molar-refractivity contribution is -0.131. The van der Waals surface area contributed by atoms with Crippen LogP contribution in [0.25, 0.3) is 10.2 Å². The Balaban J connectivity index is 1.83. The predicted molar refractivity (Wildman–Crippen MR) is 96.1 cm³/mol.